The van der Waals surface area contributed by atoms with Crippen LogP contribution in [0.4, 0.5) is 0 Å². The lowest BCUT2D eigenvalue weighted by Crippen LogP contribution is -2.38. The summed E-state index contributed by atoms with van der Waals surface area (Å²) >= 11 is 12.4. The van der Waals surface area contributed by atoms with Crippen molar-refractivity contribution in [1.82, 2.24) is 5.32 Å². The van der Waals surface area contributed by atoms with Gasteiger partial charge in [0, 0.05) is 21.7 Å². The van der Waals surface area contributed by atoms with Crippen molar-refractivity contribution in [3.8, 4) is 0 Å². The van der Waals surface area contributed by atoms with Gasteiger partial charge >= 0.3 is 0 Å². The van der Waals surface area contributed by atoms with Crippen molar-refractivity contribution in [2.45, 2.75) is 65.2 Å². The molecule has 1 amide bonds. The van der Waals surface area contributed by atoms with Crippen molar-refractivity contribution in [3.63, 3.8) is 0 Å². The molecule has 1 fully saturated rings. The summed E-state index contributed by atoms with van der Waals surface area (Å²) in [4.78, 5) is 13.2. The first kappa shape index (κ1) is 18.8. The van der Waals surface area contributed by atoms with Crippen molar-refractivity contribution < 1.29 is 4.79 Å². The SMILES string of the molecule is CCC1CCCC2(CCC(C)=C(c3ccc(Cl)cc3Cl)NC2=O)CC1. The molecule has 1 aliphatic heterocycles. The molecule has 4 heteroatoms. The maximum absolute atomic E-state index is 13.2. The van der Waals surface area contributed by atoms with Gasteiger partial charge in [0.25, 0.3) is 0 Å². The highest BCUT2D eigenvalue weighted by atomic mass is 35.5. The molecule has 1 N–H and O–H groups in total. The zero-order chi connectivity index (χ0) is 18.0. The Morgan fingerprint density at radius 1 is 1.20 bits per heavy atom. The van der Waals surface area contributed by atoms with Crippen molar-refractivity contribution in [3.05, 3.63) is 39.4 Å². The van der Waals surface area contributed by atoms with Crippen LogP contribution in [0.25, 0.3) is 5.70 Å². The van der Waals surface area contributed by atoms with E-state index in [1.54, 1.807) is 6.07 Å². The Hall–Kier alpha value is -0.990. The Kier molecular flexibility index (Phi) is 5.80. The maximum atomic E-state index is 13.2. The average Bonchev–Trinajstić information content (AvgIpc) is 2.86. The van der Waals surface area contributed by atoms with E-state index in [-0.39, 0.29) is 11.3 Å². The number of hydrogen-bond acceptors (Lipinski definition) is 1. The fourth-order valence-electron chi connectivity index (χ4n) is 4.37. The summed E-state index contributed by atoms with van der Waals surface area (Å²) in [7, 11) is 0. The predicted molar refractivity (Wildman–Crippen MR) is 106 cm³/mol. The van der Waals surface area contributed by atoms with E-state index in [0.29, 0.717) is 10.0 Å². The fraction of sp³-hybridized carbons (Fsp3) is 0.571. The first-order chi connectivity index (χ1) is 11.9. The summed E-state index contributed by atoms with van der Waals surface area (Å²) < 4.78 is 0. The minimum atomic E-state index is -0.216. The summed E-state index contributed by atoms with van der Waals surface area (Å²) in [6.07, 6.45) is 8.69. The Balaban J connectivity index is 1.87. The highest BCUT2D eigenvalue weighted by molar-refractivity contribution is 6.35. The summed E-state index contributed by atoms with van der Waals surface area (Å²) in [5.74, 6) is 0.955. The topological polar surface area (TPSA) is 29.1 Å². The molecule has 25 heavy (non-hydrogen) atoms. The molecule has 0 radical (unpaired) electrons. The molecule has 1 aliphatic carbocycles. The van der Waals surface area contributed by atoms with Gasteiger partial charge in [-0.3, -0.25) is 4.79 Å². The van der Waals surface area contributed by atoms with Crippen LogP contribution in [0.3, 0.4) is 0 Å². The molecule has 1 aromatic carbocycles. The minimum Gasteiger partial charge on any atom is -0.325 e. The third-order valence-corrected chi connectivity index (χ3v) is 6.75. The molecule has 1 saturated carbocycles. The van der Waals surface area contributed by atoms with Gasteiger partial charge in [-0.25, -0.2) is 0 Å². The van der Waals surface area contributed by atoms with Crippen LogP contribution < -0.4 is 5.32 Å². The molecule has 2 unspecified atom stereocenters. The van der Waals surface area contributed by atoms with Crippen LogP contribution in [-0.4, -0.2) is 5.91 Å². The van der Waals surface area contributed by atoms with Crippen LogP contribution in [-0.2, 0) is 4.79 Å². The van der Waals surface area contributed by atoms with Gasteiger partial charge < -0.3 is 5.32 Å². The van der Waals surface area contributed by atoms with E-state index in [2.05, 4.69) is 19.2 Å². The zero-order valence-corrected chi connectivity index (χ0v) is 16.6. The molecule has 2 nitrogen and oxygen atoms in total. The largest absolute Gasteiger partial charge is 0.325 e. The maximum Gasteiger partial charge on any atom is 0.230 e. The minimum absolute atomic E-state index is 0.183. The van der Waals surface area contributed by atoms with Crippen LogP contribution in [0.5, 0.6) is 0 Å². The lowest BCUT2D eigenvalue weighted by atomic mass is 9.75. The Morgan fingerprint density at radius 3 is 2.72 bits per heavy atom. The summed E-state index contributed by atoms with van der Waals surface area (Å²) in [5, 5.41) is 4.44. The molecule has 1 heterocycles. The summed E-state index contributed by atoms with van der Waals surface area (Å²) in [6.45, 7) is 4.37. The molecule has 0 saturated heterocycles. The molecule has 1 spiro atoms. The molecular weight excluding hydrogens is 353 g/mol. The number of allylic oxidation sites excluding steroid dienone is 1. The Morgan fingerprint density at radius 2 is 2.00 bits per heavy atom. The standard InChI is InChI=1S/C21H27Cl2NO/c1-3-15-5-4-10-21(12-9-15)11-8-14(2)19(24-20(21)25)17-7-6-16(22)13-18(17)23/h6-7,13,15H,3-5,8-12H2,1-2H3,(H,24,25). The van der Waals surface area contributed by atoms with Gasteiger partial charge in [0.2, 0.25) is 5.91 Å². The summed E-state index contributed by atoms with van der Waals surface area (Å²) in [5.41, 5.74) is 2.73. The zero-order valence-electron chi connectivity index (χ0n) is 15.1. The predicted octanol–water partition coefficient (Wildman–Crippen LogP) is 6.61. The number of rotatable bonds is 2. The quantitative estimate of drug-likeness (QED) is 0.614. The number of benzene rings is 1. The number of carbonyl (C=O) groups is 1. The number of hydrogen-bond donors (Lipinski definition) is 1. The Labute approximate surface area is 161 Å². The molecule has 136 valence electrons. The first-order valence-electron chi connectivity index (χ1n) is 9.42. The molecule has 1 aromatic rings. The highest BCUT2D eigenvalue weighted by Crippen LogP contribution is 2.45. The second kappa shape index (κ2) is 7.72. The van der Waals surface area contributed by atoms with Crippen molar-refractivity contribution in [1.29, 1.82) is 0 Å². The third kappa shape index (κ3) is 3.90. The smallest absolute Gasteiger partial charge is 0.230 e. The lowest BCUT2D eigenvalue weighted by molar-refractivity contribution is -0.130. The fourth-order valence-corrected chi connectivity index (χ4v) is 4.87. The van der Waals surface area contributed by atoms with Gasteiger partial charge in [0.05, 0.1) is 5.02 Å². The lowest BCUT2D eigenvalue weighted by Gasteiger charge is -2.30. The van der Waals surface area contributed by atoms with Gasteiger partial charge in [-0.2, -0.15) is 0 Å². The number of carbonyl (C=O) groups excluding carboxylic acids is 1. The van der Waals surface area contributed by atoms with Crippen LogP contribution in [0, 0.1) is 11.3 Å². The van der Waals surface area contributed by atoms with Crippen molar-refractivity contribution in [2.75, 3.05) is 0 Å². The molecule has 2 aliphatic rings. The van der Waals surface area contributed by atoms with Crippen molar-refractivity contribution in [2.24, 2.45) is 11.3 Å². The second-order valence-corrected chi connectivity index (χ2v) is 8.56. The summed E-state index contributed by atoms with van der Waals surface area (Å²) in [6, 6.07) is 5.47. The molecule has 0 aromatic heterocycles. The van der Waals surface area contributed by atoms with E-state index in [1.807, 2.05) is 12.1 Å². The van der Waals surface area contributed by atoms with Crippen LogP contribution in [0.2, 0.25) is 10.0 Å². The normalized spacial score (nSPS) is 27.8. The number of nitrogens with one attached hydrogen (secondary N) is 1. The number of halogens is 2. The van der Waals surface area contributed by atoms with Gasteiger partial charge in [-0.15, -0.1) is 0 Å². The molecule has 3 rings (SSSR count). The van der Waals surface area contributed by atoms with E-state index in [9.17, 15) is 4.79 Å². The Bertz CT molecular complexity index is 697. The second-order valence-electron chi connectivity index (χ2n) is 7.72. The van der Waals surface area contributed by atoms with Crippen LogP contribution in [0.15, 0.2) is 23.8 Å². The van der Waals surface area contributed by atoms with E-state index in [1.165, 1.54) is 24.8 Å². The van der Waals surface area contributed by atoms with E-state index in [0.717, 1.165) is 49.3 Å². The van der Waals surface area contributed by atoms with Gasteiger partial charge in [-0.05, 0) is 68.7 Å². The monoisotopic (exact) mass is 379 g/mol. The van der Waals surface area contributed by atoms with Crippen molar-refractivity contribution >= 4 is 34.8 Å². The first-order valence-corrected chi connectivity index (χ1v) is 10.2. The van der Waals surface area contributed by atoms with Gasteiger partial charge in [0.15, 0.2) is 0 Å². The van der Waals surface area contributed by atoms with Crippen LogP contribution >= 0.6 is 23.2 Å². The number of amides is 1. The molecule has 2 atom stereocenters. The third-order valence-electron chi connectivity index (χ3n) is 6.20. The van der Waals surface area contributed by atoms with E-state index >= 15 is 0 Å². The molecule has 0 bridgehead atoms. The molecular formula is C21H27Cl2NO. The highest BCUT2D eigenvalue weighted by Gasteiger charge is 2.41. The van der Waals surface area contributed by atoms with Gasteiger partial charge in [-0.1, -0.05) is 49.4 Å². The van der Waals surface area contributed by atoms with E-state index in [4.69, 9.17) is 23.2 Å². The van der Waals surface area contributed by atoms with Gasteiger partial charge in [0.1, 0.15) is 0 Å². The van der Waals surface area contributed by atoms with Crippen LogP contribution in [0.1, 0.15) is 70.8 Å². The van der Waals surface area contributed by atoms with E-state index < -0.39 is 0 Å². The average molecular weight is 380 g/mol.